The second kappa shape index (κ2) is 3.61. The zero-order valence-electron chi connectivity index (χ0n) is 8.75. The predicted molar refractivity (Wildman–Crippen MR) is 54.9 cm³/mol. The Labute approximate surface area is 96.1 Å². The molecule has 0 unspecified atom stereocenters. The molecule has 0 amide bonds. The number of benzene rings is 1. The van der Waals surface area contributed by atoms with Gasteiger partial charge in [0.05, 0.1) is 17.9 Å². The van der Waals surface area contributed by atoms with E-state index in [-0.39, 0.29) is 17.3 Å². The third-order valence-corrected chi connectivity index (χ3v) is 4.35. The number of hydrogen-bond donors (Lipinski definition) is 1. The van der Waals surface area contributed by atoms with Crippen molar-refractivity contribution in [3.63, 3.8) is 0 Å². The van der Waals surface area contributed by atoms with Crippen LogP contribution in [0, 0.1) is 0 Å². The quantitative estimate of drug-likeness (QED) is 0.777. The molecule has 0 aliphatic carbocycles. The Morgan fingerprint density at radius 1 is 1.35 bits per heavy atom. The molecule has 1 heterocycles. The summed E-state index contributed by atoms with van der Waals surface area (Å²) in [7, 11) is -2.33. The van der Waals surface area contributed by atoms with Gasteiger partial charge < -0.3 is 5.32 Å². The van der Waals surface area contributed by atoms with Gasteiger partial charge in [-0.15, -0.1) is 0 Å². The van der Waals surface area contributed by atoms with Crippen molar-refractivity contribution in [3.8, 4) is 0 Å². The normalized spacial score (nSPS) is 19.5. The average molecular weight is 266 g/mol. The molecule has 1 aromatic rings. The van der Waals surface area contributed by atoms with Crippen molar-refractivity contribution in [1.82, 2.24) is 4.31 Å². The monoisotopic (exact) mass is 266 g/mol. The van der Waals surface area contributed by atoms with E-state index in [2.05, 4.69) is 5.32 Å². The SMILES string of the molecule is CN1CNc2cc(C(F)(F)F)ccc2S1(=O)=O. The predicted octanol–water partition coefficient (Wildman–Crippen LogP) is 1.71. The second-order valence-electron chi connectivity index (χ2n) is 3.65. The number of alkyl halides is 3. The highest BCUT2D eigenvalue weighted by Gasteiger charge is 2.34. The fourth-order valence-corrected chi connectivity index (χ4v) is 2.74. The van der Waals surface area contributed by atoms with Crippen LogP contribution in [0.25, 0.3) is 0 Å². The van der Waals surface area contributed by atoms with E-state index in [0.29, 0.717) is 0 Å². The molecular weight excluding hydrogens is 257 g/mol. The summed E-state index contributed by atoms with van der Waals surface area (Å²) in [5.41, 5.74) is -0.888. The van der Waals surface area contributed by atoms with Gasteiger partial charge in [0.15, 0.2) is 0 Å². The van der Waals surface area contributed by atoms with Crippen molar-refractivity contribution in [2.75, 3.05) is 19.0 Å². The molecule has 0 saturated heterocycles. The molecule has 1 aliphatic rings. The van der Waals surface area contributed by atoms with E-state index in [0.717, 1.165) is 22.5 Å². The van der Waals surface area contributed by atoms with Gasteiger partial charge in [-0.1, -0.05) is 0 Å². The molecule has 94 valence electrons. The molecule has 0 saturated carbocycles. The highest BCUT2D eigenvalue weighted by molar-refractivity contribution is 7.89. The lowest BCUT2D eigenvalue weighted by molar-refractivity contribution is -0.137. The van der Waals surface area contributed by atoms with Gasteiger partial charge in [-0.2, -0.15) is 17.5 Å². The Morgan fingerprint density at radius 2 is 2.00 bits per heavy atom. The van der Waals surface area contributed by atoms with Gasteiger partial charge >= 0.3 is 6.18 Å². The number of nitrogens with one attached hydrogen (secondary N) is 1. The largest absolute Gasteiger partial charge is 0.416 e. The first-order chi connectivity index (χ1) is 7.73. The summed E-state index contributed by atoms with van der Waals surface area (Å²) < 4.78 is 61.9. The van der Waals surface area contributed by atoms with Crippen LogP contribution in [0.15, 0.2) is 23.1 Å². The van der Waals surface area contributed by atoms with Gasteiger partial charge in [0.2, 0.25) is 10.0 Å². The third-order valence-electron chi connectivity index (χ3n) is 2.49. The minimum absolute atomic E-state index is 0.0158. The Balaban J connectivity index is 2.57. The van der Waals surface area contributed by atoms with Crippen LogP contribution in [-0.4, -0.2) is 26.4 Å². The highest BCUT2D eigenvalue weighted by atomic mass is 32.2. The van der Waals surface area contributed by atoms with Crippen LogP contribution in [0.1, 0.15) is 5.56 Å². The molecule has 1 N–H and O–H groups in total. The second-order valence-corrected chi connectivity index (χ2v) is 5.66. The number of rotatable bonds is 0. The molecule has 2 rings (SSSR count). The lowest BCUT2D eigenvalue weighted by atomic mass is 10.2. The molecule has 4 nitrogen and oxygen atoms in total. The van der Waals surface area contributed by atoms with Gasteiger partial charge in [-0.3, -0.25) is 0 Å². The van der Waals surface area contributed by atoms with E-state index in [1.54, 1.807) is 0 Å². The molecule has 0 bridgehead atoms. The van der Waals surface area contributed by atoms with Gasteiger partial charge in [0, 0.05) is 7.05 Å². The number of halogens is 3. The number of fused-ring (bicyclic) bond motifs is 1. The van der Waals surface area contributed by atoms with Gasteiger partial charge in [0.1, 0.15) is 4.90 Å². The zero-order chi connectivity index (χ0) is 12.8. The Kier molecular flexibility index (Phi) is 2.58. The lowest BCUT2D eigenvalue weighted by Crippen LogP contribution is -2.36. The number of nitrogens with zero attached hydrogens (tertiary/aromatic N) is 1. The lowest BCUT2D eigenvalue weighted by Gasteiger charge is -2.26. The van der Waals surface area contributed by atoms with Crippen molar-refractivity contribution < 1.29 is 21.6 Å². The molecular formula is C9H9F3N2O2S. The van der Waals surface area contributed by atoms with Crippen molar-refractivity contribution in [1.29, 1.82) is 0 Å². The molecule has 1 aromatic carbocycles. The first kappa shape index (κ1) is 12.2. The van der Waals surface area contributed by atoms with E-state index in [1.165, 1.54) is 7.05 Å². The minimum Gasteiger partial charge on any atom is -0.370 e. The molecule has 0 radical (unpaired) electrons. The Bertz CT molecular complexity index is 554. The van der Waals surface area contributed by atoms with E-state index >= 15 is 0 Å². The summed E-state index contributed by atoms with van der Waals surface area (Å²) in [5.74, 6) is 0. The summed E-state index contributed by atoms with van der Waals surface area (Å²) in [4.78, 5) is -0.140. The maximum absolute atomic E-state index is 12.4. The fraction of sp³-hybridized carbons (Fsp3) is 0.333. The third kappa shape index (κ3) is 1.98. The molecule has 0 aromatic heterocycles. The first-order valence-corrected chi connectivity index (χ1v) is 6.08. The number of anilines is 1. The Morgan fingerprint density at radius 3 is 2.59 bits per heavy atom. The Hall–Kier alpha value is -1.28. The van der Waals surface area contributed by atoms with Gasteiger partial charge in [-0.05, 0) is 18.2 Å². The van der Waals surface area contributed by atoms with Crippen LogP contribution in [0.5, 0.6) is 0 Å². The molecule has 1 aliphatic heterocycles. The zero-order valence-corrected chi connectivity index (χ0v) is 9.56. The van der Waals surface area contributed by atoms with E-state index in [4.69, 9.17) is 0 Å². The van der Waals surface area contributed by atoms with Crippen LogP contribution in [-0.2, 0) is 16.2 Å². The first-order valence-electron chi connectivity index (χ1n) is 4.64. The van der Waals surface area contributed by atoms with Gasteiger partial charge in [-0.25, -0.2) is 8.42 Å². The smallest absolute Gasteiger partial charge is 0.370 e. The maximum Gasteiger partial charge on any atom is 0.416 e. The molecule has 0 spiro atoms. The summed E-state index contributed by atoms with van der Waals surface area (Å²) in [6.07, 6.45) is -4.48. The van der Waals surface area contributed by atoms with Crippen LogP contribution < -0.4 is 5.32 Å². The molecule has 8 heteroatoms. The van der Waals surface area contributed by atoms with Crippen molar-refractivity contribution in [2.24, 2.45) is 0 Å². The van der Waals surface area contributed by atoms with Crippen molar-refractivity contribution in [2.45, 2.75) is 11.1 Å². The van der Waals surface area contributed by atoms with Gasteiger partial charge in [0.25, 0.3) is 0 Å². The summed E-state index contributed by atoms with van der Waals surface area (Å²) in [6.45, 7) is -0.0450. The van der Waals surface area contributed by atoms with Crippen molar-refractivity contribution in [3.05, 3.63) is 23.8 Å². The van der Waals surface area contributed by atoms with Crippen LogP contribution in [0.4, 0.5) is 18.9 Å². The standard InChI is InChI=1S/C9H9F3N2O2S/c1-14-5-13-7-4-6(9(10,11)12)2-3-8(7)17(14,15)16/h2-4,13H,5H2,1H3. The van der Waals surface area contributed by atoms with Crippen LogP contribution >= 0.6 is 0 Å². The number of hydrogen-bond acceptors (Lipinski definition) is 3. The number of sulfonamides is 1. The van der Waals surface area contributed by atoms with E-state index in [1.807, 2.05) is 0 Å². The minimum atomic E-state index is -4.48. The molecule has 0 atom stereocenters. The average Bonchev–Trinajstić information content (AvgIpc) is 2.22. The van der Waals surface area contributed by atoms with E-state index < -0.39 is 21.8 Å². The highest BCUT2D eigenvalue weighted by Crippen LogP contribution is 2.35. The summed E-state index contributed by atoms with van der Waals surface area (Å²) in [6, 6.07) is 2.53. The van der Waals surface area contributed by atoms with Crippen LogP contribution in [0.2, 0.25) is 0 Å². The molecule has 0 fully saturated rings. The fourth-order valence-electron chi connectivity index (χ4n) is 1.52. The topological polar surface area (TPSA) is 49.4 Å². The maximum atomic E-state index is 12.4. The van der Waals surface area contributed by atoms with Crippen LogP contribution in [0.3, 0.4) is 0 Å². The van der Waals surface area contributed by atoms with E-state index in [9.17, 15) is 21.6 Å². The van der Waals surface area contributed by atoms with Crippen molar-refractivity contribution >= 4 is 15.7 Å². The summed E-state index contributed by atoms with van der Waals surface area (Å²) in [5, 5.41) is 2.63. The molecule has 17 heavy (non-hydrogen) atoms. The summed E-state index contributed by atoms with van der Waals surface area (Å²) >= 11 is 0.